The van der Waals surface area contributed by atoms with Gasteiger partial charge in [-0.25, -0.2) is 18.4 Å². The molecule has 1 amide bonds. The second-order valence-electron chi connectivity index (χ2n) is 11.9. The number of piperazine rings is 1. The Hall–Kier alpha value is -4.16. The summed E-state index contributed by atoms with van der Waals surface area (Å²) in [5, 5.41) is 7.42. The maximum atomic E-state index is 13.0. The van der Waals surface area contributed by atoms with Gasteiger partial charge in [-0.2, -0.15) is 0 Å². The van der Waals surface area contributed by atoms with Gasteiger partial charge in [-0.15, -0.1) is 0 Å². The van der Waals surface area contributed by atoms with Crippen molar-refractivity contribution in [2.75, 3.05) is 41.6 Å². The number of sulfonamides is 1. The lowest BCUT2D eigenvalue weighted by Gasteiger charge is -2.35. The summed E-state index contributed by atoms with van der Waals surface area (Å²) < 4.78 is 25.6. The predicted octanol–water partition coefficient (Wildman–Crippen LogP) is 2.90. The smallest absolute Gasteiger partial charge is 0.270 e. The lowest BCUT2D eigenvalue weighted by molar-refractivity contribution is 0.0945. The van der Waals surface area contributed by atoms with Crippen molar-refractivity contribution in [2.45, 2.75) is 45.2 Å². The molecule has 1 spiro atoms. The highest BCUT2D eigenvalue weighted by atomic mass is 32.2. The average molecular weight is 599 g/mol. The van der Waals surface area contributed by atoms with Gasteiger partial charge in [-0.1, -0.05) is 0 Å². The number of hydrogen-bond acceptors (Lipinski definition) is 9. The summed E-state index contributed by atoms with van der Waals surface area (Å²) >= 11 is 0. The van der Waals surface area contributed by atoms with Gasteiger partial charge < -0.3 is 15.5 Å². The zero-order valence-corrected chi connectivity index (χ0v) is 25.3. The summed E-state index contributed by atoms with van der Waals surface area (Å²) in [5.41, 5.74) is 7.10. The van der Waals surface area contributed by atoms with E-state index in [1.807, 2.05) is 18.2 Å². The lowest BCUT2D eigenvalue weighted by atomic mass is 10.0. The number of anilines is 2. The Balaban J connectivity index is 1.11. The molecular formula is C31H34N8O3S. The molecule has 2 aliphatic heterocycles. The molecule has 2 fully saturated rings. The minimum Gasteiger partial charge on any atom is -0.353 e. The van der Waals surface area contributed by atoms with Crippen LogP contribution in [0.25, 0.3) is 22.3 Å². The van der Waals surface area contributed by atoms with Crippen molar-refractivity contribution in [3.05, 3.63) is 70.8 Å². The Kier molecular flexibility index (Phi) is 6.58. The van der Waals surface area contributed by atoms with Gasteiger partial charge in [0.15, 0.2) is 0 Å². The molecule has 6 heterocycles. The molecule has 7 rings (SSSR count). The monoisotopic (exact) mass is 598 g/mol. The number of hydrogen-bond donors (Lipinski definition) is 2. The molecule has 0 atom stereocenters. The molecule has 4 aromatic rings. The number of aryl methyl sites for hydroxylation is 1. The third-order valence-electron chi connectivity index (χ3n) is 8.82. The third-order valence-corrected chi connectivity index (χ3v) is 10.0. The minimum atomic E-state index is -3.43. The second kappa shape index (κ2) is 10.2. The number of pyridine rings is 4. The van der Waals surface area contributed by atoms with Gasteiger partial charge in [0.25, 0.3) is 5.91 Å². The van der Waals surface area contributed by atoms with E-state index in [4.69, 9.17) is 9.97 Å². The van der Waals surface area contributed by atoms with Crippen molar-refractivity contribution in [2.24, 2.45) is 0 Å². The van der Waals surface area contributed by atoms with Crippen LogP contribution in [0.5, 0.6) is 0 Å². The van der Waals surface area contributed by atoms with Gasteiger partial charge in [0.05, 0.1) is 41.1 Å². The zero-order chi connectivity index (χ0) is 29.9. The van der Waals surface area contributed by atoms with Crippen LogP contribution in [0.15, 0.2) is 42.7 Å². The number of fused-ring (bicyclic) bond motifs is 2. The van der Waals surface area contributed by atoms with E-state index in [9.17, 15) is 13.2 Å². The van der Waals surface area contributed by atoms with Crippen LogP contribution in [0.2, 0.25) is 0 Å². The van der Waals surface area contributed by atoms with E-state index in [2.05, 4.69) is 45.4 Å². The van der Waals surface area contributed by atoms with Crippen LogP contribution in [-0.4, -0.2) is 72.2 Å². The quantitative estimate of drug-likeness (QED) is 0.344. The molecule has 0 unspecified atom stereocenters. The van der Waals surface area contributed by atoms with Crippen LogP contribution in [0.3, 0.4) is 0 Å². The predicted molar refractivity (Wildman–Crippen MR) is 166 cm³/mol. The highest BCUT2D eigenvalue weighted by molar-refractivity contribution is 7.92. The van der Waals surface area contributed by atoms with Gasteiger partial charge in [0.2, 0.25) is 10.0 Å². The fourth-order valence-corrected chi connectivity index (χ4v) is 6.98. The number of aromatic nitrogens is 4. The Morgan fingerprint density at radius 3 is 2.70 bits per heavy atom. The Labute approximate surface area is 250 Å². The molecule has 3 aliphatic rings. The van der Waals surface area contributed by atoms with E-state index in [-0.39, 0.29) is 17.8 Å². The number of rotatable bonds is 6. The van der Waals surface area contributed by atoms with E-state index in [0.717, 1.165) is 65.1 Å². The van der Waals surface area contributed by atoms with Crippen LogP contribution in [0.1, 0.15) is 45.7 Å². The molecule has 2 N–H and O–H groups in total. The van der Waals surface area contributed by atoms with E-state index in [1.165, 1.54) is 28.8 Å². The summed E-state index contributed by atoms with van der Waals surface area (Å²) in [6.45, 7) is 7.61. The number of carbonyl (C=O) groups is 1. The van der Waals surface area contributed by atoms with E-state index in [1.54, 1.807) is 12.4 Å². The number of nitrogens with one attached hydrogen (secondary N) is 2. The first-order chi connectivity index (χ1) is 20.6. The highest BCUT2D eigenvalue weighted by Gasteiger charge is 2.45. The first-order valence-corrected chi connectivity index (χ1v) is 16.4. The van der Waals surface area contributed by atoms with Gasteiger partial charge in [0, 0.05) is 49.5 Å². The van der Waals surface area contributed by atoms with E-state index in [0.29, 0.717) is 24.3 Å². The first-order valence-electron chi connectivity index (χ1n) is 14.6. The zero-order valence-electron chi connectivity index (χ0n) is 24.5. The highest BCUT2D eigenvalue weighted by Crippen LogP contribution is 2.39. The Morgan fingerprint density at radius 2 is 1.91 bits per heavy atom. The van der Waals surface area contributed by atoms with Gasteiger partial charge in [-0.3, -0.25) is 19.1 Å². The maximum Gasteiger partial charge on any atom is 0.270 e. The summed E-state index contributed by atoms with van der Waals surface area (Å²) in [4.78, 5) is 34.2. The van der Waals surface area contributed by atoms with Gasteiger partial charge in [0.1, 0.15) is 11.5 Å². The van der Waals surface area contributed by atoms with Gasteiger partial charge in [-0.05, 0) is 80.1 Å². The van der Waals surface area contributed by atoms with Crippen LogP contribution >= 0.6 is 0 Å². The maximum absolute atomic E-state index is 13.0. The first kappa shape index (κ1) is 27.7. The molecule has 11 nitrogen and oxygen atoms in total. The van der Waals surface area contributed by atoms with Crippen molar-refractivity contribution in [1.29, 1.82) is 0 Å². The van der Waals surface area contributed by atoms with Crippen LogP contribution in [0.4, 0.5) is 11.5 Å². The summed E-state index contributed by atoms with van der Waals surface area (Å²) in [6, 6.07) is 9.59. The van der Waals surface area contributed by atoms with Crippen LogP contribution < -0.4 is 19.8 Å². The Bertz CT molecular complexity index is 1890. The van der Waals surface area contributed by atoms with Gasteiger partial charge >= 0.3 is 0 Å². The third kappa shape index (κ3) is 5.29. The summed E-state index contributed by atoms with van der Waals surface area (Å²) in [6.07, 6.45) is 7.50. The molecule has 43 heavy (non-hydrogen) atoms. The number of nitrogens with zero attached hydrogens (tertiary/aromatic N) is 6. The molecule has 12 heteroatoms. The van der Waals surface area contributed by atoms with Crippen molar-refractivity contribution >= 4 is 38.3 Å². The molecule has 4 aromatic heterocycles. The fourth-order valence-electron chi connectivity index (χ4n) is 6.03. The molecular weight excluding hydrogens is 564 g/mol. The minimum absolute atomic E-state index is 0.157. The summed E-state index contributed by atoms with van der Waals surface area (Å²) in [5.74, 6) is 0.588. The van der Waals surface area contributed by atoms with E-state index >= 15 is 0 Å². The normalized spacial score (nSPS) is 17.4. The van der Waals surface area contributed by atoms with Crippen molar-refractivity contribution in [3.63, 3.8) is 0 Å². The fraction of sp³-hybridized carbons (Fsp3) is 0.387. The molecule has 1 aliphatic carbocycles. The van der Waals surface area contributed by atoms with Crippen molar-refractivity contribution in [3.8, 4) is 11.4 Å². The standard InChI is InChI=1S/C31H34N8O3S/c1-19-12-28(38-11-9-35-31(18-38)7-8-31)37-29(20(19)2)24-5-4-21-15-32-23(13-25(21)36-24)17-34-30(40)26-14-27-22(16-33-26)6-10-39(27)43(3,41)42/h4-5,12-16,35H,6-11,17-18H2,1-3H3,(H,34,40). The molecule has 1 saturated heterocycles. The second-order valence-corrected chi connectivity index (χ2v) is 13.8. The number of amides is 1. The SMILES string of the molecule is Cc1cc(N2CCNC3(CC3)C2)nc(-c2ccc3cnc(CNC(=O)c4cc5c(cn4)CCN5S(C)(=O)=O)cc3n2)c1C. The number of carbonyl (C=O) groups excluding carboxylic acids is 1. The van der Waals surface area contributed by atoms with Crippen LogP contribution in [-0.2, 0) is 23.0 Å². The van der Waals surface area contributed by atoms with Crippen molar-refractivity contribution in [1.82, 2.24) is 30.6 Å². The van der Waals surface area contributed by atoms with E-state index < -0.39 is 15.9 Å². The lowest BCUT2D eigenvalue weighted by Crippen LogP contribution is -2.52. The molecule has 0 radical (unpaired) electrons. The topological polar surface area (TPSA) is 133 Å². The molecule has 222 valence electrons. The molecule has 0 aromatic carbocycles. The largest absolute Gasteiger partial charge is 0.353 e. The summed E-state index contributed by atoms with van der Waals surface area (Å²) in [7, 11) is -3.43. The average Bonchev–Trinajstić information content (AvgIpc) is 3.57. The Morgan fingerprint density at radius 1 is 1.07 bits per heavy atom. The molecule has 0 bridgehead atoms. The molecule has 1 saturated carbocycles. The van der Waals surface area contributed by atoms with Crippen molar-refractivity contribution < 1.29 is 13.2 Å². The van der Waals surface area contributed by atoms with Crippen LogP contribution in [0, 0.1) is 13.8 Å².